The number of aryl methyl sites for hydroxylation is 2. The van der Waals surface area contributed by atoms with Crippen LogP contribution in [0, 0.1) is 6.92 Å². The summed E-state index contributed by atoms with van der Waals surface area (Å²) in [5, 5.41) is 11.7. The van der Waals surface area contributed by atoms with Crippen molar-refractivity contribution in [3.8, 4) is 5.75 Å². The molecule has 2 aromatic carbocycles. The highest BCUT2D eigenvalue weighted by Gasteiger charge is 2.00. The maximum Gasteiger partial charge on any atom is 0.304 e. The van der Waals surface area contributed by atoms with Crippen molar-refractivity contribution in [1.29, 1.82) is 0 Å². The van der Waals surface area contributed by atoms with Gasteiger partial charge in [-0.05, 0) is 55.0 Å². The standard InChI is InChI=1S/C23H29NO3/c1-19-18-22(27-17-6-5-10-20-8-3-2-4-9-20)13-12-21(19)11-7-15-24-16-14-23(25)26/h2-4,7-9,11-13,18,24H,5-6,10,14-17H2,1H3,(H,25,26)/b11-7+. The van der Waals surface area contributed by atoms with Gasteiger partial charge in [0.2, 0.25) is 0 Å². The van der Waals surface area contributed by atoms with Crippen molar-refractivity contribution in [2.24, 2.45) is 0 Å². The van der Waals surface area contributed by atoms with Crippen LogP contribution in [-0.2, 0) is 11.2 Å². The minimum atomic E-state index is -0.780. The molecule has 0 radical (unpaired) electrons. The zero-order valence-corrected chi connectivity index (χ0v) is 16.0. The van der Waals surface area contributed by atoms with Crippen LogP contribution in [0.1, 0.15) is 36.0 Å². The third-order valence-electron chi connectivity index (χ3n) is 4.29. The quantitative estimate of drug-likeness (QED) is 0.543. The number of hydrogen-bond acceptors (Lipinski definition) is 3. The lowest BCUT2D eigenvalue weighted by molar-refractivity contribution is -0.136. The molecular formula is C23H29NO3. The first-order chi connectivity index (χ1) is 13.1. The van der Waals surface area contributed by atoms with E-state index in [2.05, 4.69) is 48.6 Å². The second-order valence-electron chi connectivity index (χ2n) is 6.56. The molecule has 2 N–H and O–H groups in total. The Morgan fingerprint density at radius 1 is 1.15 bits per heavy atom. The van der Waals surface area contributed by atoms with Crippen LogP contribution in [0.15, 0.2) is 54.6 Å². The number of aliphatic carboxylic acids is 1. The van der Waals surface area contributed by atoms with Gasteiger partial charge in [0.1, 0.15) is 5.75 Å². The first-order valence-electron chi connectivity index (χ1n) is 9.51. The SMILES string of the molecule is Cc1cc(OCCCCc2ccccc2)ccc1/C=C/CNCCC(=O)O. The lowest BCUT2D eigenvalue weighted by Gasteiger charge is -2.09. The number of nitrogens with one attached hydrogen (secondary N) is 1. The van der Waals surface area contributed by atoms with Gasteiger partial charge >= 0.3 is 5.97 Å². The van der Waals surface area contributed by atoms with Gasteiger partial charge in [-0.3, -0.25) is 4.79 Å². The van der Waals surface area contributed by atoms with Crippen LogP contribution in [0.2, 0.25) is 0 Å². The fourth-order valence-corrected chi connectivity index (χ4v) is 2.76. The summed E-state index contributed by atoms with van der Waals surface area (Å²) in [5.74, 6) is 0.127. The van der Waals surface area contributed by atoms with Crippen LogP contribution in [0.5, 0.6) is 5.75 Å². The largest absolute Gasteiger partial charge is 0.494 e. The molecule has 0 saturated carbocycles. The zero-order valence-electron chi connectivity index (χ0n) is 16.0. The number of carboxylic acids is 1. The Balaban J connectivity index is 1.66. The molecule has 0 heterocycles. The predicted molar refractivity (Wildman–Crippen MR) is 110 cm³/mol. The van der Waals surface area contributed by atoms with E-state index in [0.29, 0.717) is 13.1 Å². The van der Waals surface area contributed by atoms with Gasteiger partial charge in [0.15, 0.2) is 0 Å². The lowest BCUT2D eigenvalue weighted by atomic mass is 10.1. The molecule has 0 amide bonds. The monoisotopic (exact) mass is 367 g/mol. The molecule has 4 nitrogen and oxygen atoms in total. The van der Waals surface area contributed by atoms with Crippen LogP contribution in [0.25, 0.3) is 6.08 Å². The molecule has 0 bridgehead atoms. The van der Waals surface area contributed by atoms with Gasteiger partial charge in [0.25, 0.3) is 0 Å². The fourth-order valence-electron chi connectivity index (χ4n) is 2.76. The number of hydrogen-bond donors (Lipinski definition) is 2. The smallest absolute Gasteiger partial charge is 0.304 e. The molecule has 0 spiro atoms. The van der Waals surface area contributed by atoms with Crippen LogP contribution in [0.3, 0.4) is 0 Å². The summed E-state index contributed by atoms with van der Waals surface area (Å²) in [4.78, 5) is 10.4. The van der Waals surface area contributed by atoms with Crippen LogP contribution in [0.4, 0.5) is 0 Å². The fraction of sp³-hybridized carbons (Fsp3) is 0.348. The predicted octanol–water partition coefficient (Wildman–Crippen LogP) is 4.47. The van der Waals surface area contributed by atoms with E-state index in [0.717, 1.165) is 37.2 Å². The summed E-state index contributed by atoms with van der Waals surface area (Å²) < 4.78 is 5.87. The molecule has 2 aromatic rings. The Kier molecular flexibility index (Phi) is 9.14. The van der Waals surface area contributed by atoms with Crippen molar-refractivity contribution in [1.82, 2.24) is 5.32 Å². The van der Waals surface area contributed by atoms with Gasteiger partial charge in [-0.15, -0.1) is 0 Å². The number of carboxylic acid groups (broad SMARTS) is 1. The maximum atomic E-state index is 10.4. The summed E-state index contributed by atoms with van der Waals surface area (Å²) >= 11 is 0. The van der Waals surface area contributed by atoms with Gasteiger partial charge in [0, 0.05) is 13.1 Å². The van der Waals surface area contributed by atoms with E-state index >= 15 is 0 Å². The van der Waals surface area contributed by atoms with Crippen molar-refractivity contribution in [2.75, 3.05) is 19.7 Å². The van der Waals surface area contributed by atoms with Crippen molar-refractivity contribution in [3.05, 3.63) is 71.3 Å². The molecule has 0 aliphatic rings. The third kappa shape index (κ3) is 8.56. The van der Waals surface area contributed by atoms with Gasteiger partial charge in [-0.25, -0.2) is 0 Å². The highest BCUT2D eigenvalue weighted by Crippen LogP contribution is 2.19. The molecule has 0 unspecified atom stereocenters. The summed E-state index contributed by atoms with van der Waals surface area (Å²) in [6.45, 7) is 3.94. The van der Waals surface area contributed by atoms with Gasteiger partial charge < -0.3 is 15.2 Å². The molecule has 27 heavy (non-hydrogen) atoms. The average Bonchev–Trinajstić information content (AvgIpc) is 2.66. The minimum absolute atomic E-state index is 0.143. The Labute approximate surface area is 161 Å². The molecule has 0 atom stereocenters. The van der Waals surface area contributed by atoms with E-state index in [4.69, 9.17) is 9.84 Å². The number of unbranched alkanes of at least 4 members (excludes halogenated alkanes) is 1. The molecular weight excluding hydrogens is 338 g/mol. The molecule has 144 valence electrons. The molecule has 0 fully saturated rings. The summed E-state index contributed by atoms with van der Waals surface area (Å²) in [5.41, 5.74) is 3.69. The van der Waals surface area contributed by atoms with Crippen molar-refractivity contribution < 1.29 is 14.6 Å². The Bertz CT molecular complexity index is 726. The van der Waals surface area contributed by atoms with Crippen molar-refractivity contribution in [2.45, 2.75) is 32.6 Å². The Morgan fingerprint density at radius 3 is 2.70 bits per heavy atom. The van der Waals surface area contributed by atoms with E-state index in [1.807, 2.05) is 24.3 Å². The van der Waals surface area contributed by atoms with E-state index in [1.54, 1.807) is 0 Å². The zero-order chi connectivity index (χ0) is 19.3. The number of carbonyl (C=O) groups is 1. The van der Waals surface area contributed by atoms with Gasteiger partial charge in [-0.1, -0.05) is 48.6 Å². The molecule has 4 heteroatoms. The van der Waals surface area contributed by atoms with Crippen LogP contribution >= 0.6 is 0 Å². The Morgan fingerprint density at radius 2 is 1.96 bits per heavy atom. The number of rotatable bonds is 12. The topological polar surface area (TPSA) is 58.6 Å². The first kappa shape index (κ1) is 20.7. The second-order valence-corrected chi connectivity index (χ2v) is 6.56. The highest BCUT2D eigenvalue weighted by molar-refractivity contribution is 5.66. The second kappa shape index (κ2) is 11.9. The van der Waals surface area contributed by atoms with Crippen LogP contribution in [-0.4, -0.2) is 30.8 Å². The summed E-state index contributed by atoms with van der Waals surface area (Å²) in [7, 11) is 0. The maximum absolute atomic E-state index is 10.4. The van der Waals surface area contributed by atoms with E-state index in [1.165, 1.54) is 11.1 Å². The van der Waals surface area contributed by atoms with E-state index in [-0.39, 0.29) is 6.42 Å². The number of ether oxygens (including phenoxy) is 1. The van der Waals surface area contributed by atoms with Crippen molar-refractivity contribution in [3.63, 3.8) is 0 Å². The molecule has 0 aromatic heterocycles. The first-order valence-corrected chi connectivity index (χ1v) is 9.51. The highest BCUT2D eigenvalue weighted by atomic mass is 16.5. The third-order valence-corrected chi connectivity index (χ3v) is 4.29. The van der Waals surface area contributed by atoms with E-state index < -0.39 is 5.97 Å². The molecule has 0 aliphatic carbocycles. The van der Waals surface area contributed by atoms with Gasteiger partial charge in [-0.2, -0.15) is 0 Å². The van der Waals surface area contributed by atoms with Crippen LogP contribution < -0.4 is 10.1 Å². The molecule has 0 saturated heterocycles. The summed E-state index contributed by atoms with van der Waals surface area (Å²) in [6.07, 6.45) is 7.45. The number of benzene rings is 2. The molecule has 0 aliphatic heterocycles. The van der Waals surface area contributed by atoms with Crippen molar-refractivity contribution >= 4 is 12.0 Å². The average molecular weight is 367 g/mol. The molecule has 2 rings (SSSR count). The summed E-state index contributed by atoms with van der Waals surface area (Å²) in [6, 6.07) is 16.7. The lowest BCUT2D eigenvalue weighted by Crippen LogP contribution is -2.17. The van der Waals surface area contributed by atoms with Gasteiger partial charge in [0.05, 0.1) is 13.0 Å². The normalized spacial score (nSPS) is 11.0. The minimum Gasteiger partial charge on any atom is -0.494 e. The van der Waals surface area contributed by atoms with E-state index in [9.17, 15) is 4.79 Å². The Hall–Kier alpha value is -2.59.